The molecule has 0 fully saturated rings. The minimum Gasteiger partial charge on any atom is -0.426 e. The molecule has 0 saturated carbocycles. The molecule has 0 bridgehead atoms. The predicted octanol–water partition coefficient (Wildman–Crippen LogP) is 4.69. The highest BCUT2D eigenvalue weighted by Gasteiger charge is 2.11. The van der Waals surface area contributed by atoms with Gasteiger partial charge in [-0.1, -0.05) is 54.6 Å². The van der Waals surface area contributed by atoms with Crippen LogP contribution in [0.15, 0.2) is 78.9 Å². The Bertz CT molecular complexity index is 797. The van der Waals surface area contributed by atoms with E-state index in [2.05, 4.69) is 36.6 Å². The first-order chi connectivity index (χ1) is 12.7. The van der Waals surface area contributed by atoms with Gasteiger partial charge >= 0.3 is 5.97 Å². The Morgan fingerprint density at radius 3 is 1.96 bits per heavy atom. The van der Waals surface area contributed by atoms with Crippen molar-refractivity contribution >= 4 is 17.4 Å². The topological polar surface area (TPSA) is 29.3 Å². The molecule has 0 N–H and O–H groups in total. The van der Waals surface area contributed by atoms with Gasteiger partial charge in [-0.25, -0.2) is 4.58 Å². The van der Waals surface area contributed by atoms with Gasteiger partial charge < -0.3 is 4.74 Å². The van der Waals surface area contributed by atoms with Crippen molar-refractivity contribution in [1.29, 1.82) is 0 Å². The van der Waals surface area contributed by atoms with Crippen molar-refractivity contribution in [3.05, 3.63) is 90.0 Å². The first kappa shape index (κ1) is 19.4. The van der Waals surface area contributed by atoms with E-state index in [-0.39, 0.29) is 5.97 Å². The van der Waals surface area contributed by atoms with Gasteiger partial charge in [0.25, 0.3) is 0 Å². The molecule has 0 heterocycles. The van der Waals surface area contributed by atoms with Crippen LogP contribution in [-0.4, -0.2) is 29.3 Å². The highest BCUT2D eigenvalue weighted by Crippen LogP contribution is 2.16. The van der Waals surface area contributed by atoms with Crippen molar-refractivity contribution in [2.75, 3.05) is 13.1 Å². The number of carbonyl (C=O) groups is 1. The monoisotopic (exact) mass is 348 g/mol. The van der Waals surface area contributed by atoms with Gasteiger partial charge in [-0.05, 0) is 32.1 Å². The molecule has 134 valence electrons. The van der Waals surface area contributed by atoms with Crippen LogP contribution in [-0.2, 0) is 9.53 Å². The fraction of sp³-hybridized carbons (Fsp3) is 0.217. The summed E-state index contributed by atoms with van der Waals surface area (Å²) in [5.74, 6) is 0.214. The summed E-state index contributed by atoms with van der Waals surface area (Å²) in [5, 5.41) is 0. The van der Waals surface area contributed by atoms with Gasteiger partial charge in [0.15, 0.2) is 0 Å². The van der Waals surface area contributed by atoms with Crippen molar-refractivity contribution in [2.24, 2.45) is 0 Å². The molecular formula is C23H26NO2+. The van der Waals surface area contributed by atoms with Gasteiger partial charge in [0.1, 0.15) is 18.8 Å². The van der Waals surface area contributed by atoms with Crippen LogP contribution in [0.2, 0.25) is 0 Å². The molecule has 0 unspecified atom stereocenters. The van der Waals surface area contributed by atoms with Gasteiger partial charge in [-0.2, -0.15) is 0 Å². The number of carbonyl (C=O) groups excluding carboxylic acids is 1. The van der Waals surface area contributed by atoms with Gasteiger partial charge in [0.05, 0.1) is 0 Å². The Labute approximate surface area is 156 Å². The minimum absolute atomic E-state index is 0.329. The van der Waals surface area contributed by atoms with E-state index in [0.717, 1.165) is 29.9 Å². The lowest BCUT2D eigenvalue weighted by Crippen LogP contribution is -2.20. The van der Waals surface area contributed by atoms with E-state index < -0.39 is 0 Å². The van der Waals surface area contributed by atoms with Crippen LogP contribution in [0.1, 0.15) is 31.9 Å². The van der Waals surface area contributed by atoms with E-state index in [4.69, 9.17) is 4.74 Å². The summed E-state index contributed by atoms with van der Waals surface area (Å²) >= 11 is 0. The second kappa shape index (κ2) is 10.1. The van der Waals surface area contributed by atoms with Gasteiger partial charge in [0.2, 0.25) is 5.71 Å². The SMILES string of the molecule is CC[N+](CC)=C(/C=C/C=C(/OC(C)=O)c1ccccc1)c1ccccc1. The molecule has 26 heavy (non-hydrogen) atoms. The number of benzene rings is 2. The Hall–Kier alpha value is -2.94. The maximum absolute atomic E-state index is 11.4. The first-order valence-electron chi connectivity index (χ1n) is 8.95. The molecule has 0 amide bonds. The lowest BCUT2D eigenvalue weighted by molar-refractivity contribution is -0.519. The number of allylic oxidation sites excluding steroid dienone is 3. The average Bonchev–Trinajstić information content (AvgIpc) is 2.68. The van der Waals surface area contributed by atoms with Crippen molar-refractivity contribution in [3.8, 4) is 0 Å². The highest BCUT2D eigenvalue weighted by molar-refractivity contribution is 6.05. The summed E-state index contributed by atoms with van der Waals surface area (Å²) in [6, 6.07) is 19.9. The number of ether oxygens (including phenoxy) is 1. The third-order valence-electron chi connectivity index (χ3n) is 3.99. The number of rotatable bonds is 7. The molecule has 2 aromatic rings. The minimum atomic E-state index is -0.329. The van der Waals surface area contributed by atoms with Crippen LogP contribution in [0.3, 0.4) is 0 Å². The molecule has 2 aromatic carbocycles. The summed E-state index contributed by atoms with van der Waals surface area (Å²) in [4.78, 5) is 11.4. The van der Waals surface area contributed by atoms with Crippen molar-refractivity contribution in [1.82, 2.24) is 0 Å². The van der Waals surface area contributed by atoms with Gasteiger partial charge in [-0.15, -0.1) is 0 Å². The third-order valence-corrected chi connectivity index (χ3v) is 3.99. The van der Waals surface area contributed by atoms with E-state index in [0.29, 0.717) is 5.76 Å². The Balaban J connectivity index is 2.39. The molecule has 3 nitrogen and oxygen atoms in total. The van der Waals surface area contributed by atoms with Crippen molar-refractivity contribution in [2.45, 2.75) is 20.8 Å². The Morgan fingerprint density at radius 1 is 0.923 bits per heavy atom. The maximum atomic E-state index is 11.4. The average molecular weight is 348 g/mol. The fourth-order valence-electron chi connectivity index (χ4n) is 2.73. The van der Waals surface area contributed by atoms with Crippen LogP contribution >= 0.6 is 0 Å². The molecule has 0 saturated heterocycles. The summed E-state index contributed by atoms with van der Waals surface area (Å²) in [7, 11) is 0. The number of esters is 1. The van der Waals surface area contributed by atoms with Crippen LogP contribution in [0.5, 0.6) is 0 Å². The second-order valence-electron chi connectivity index (χ2n) is 5.77. The Kier molecular flexibility index (Phi) is 7.56. The number of hydrogen-bond acceptors (Lipinski definition) is 2. The number of nitrogens with zero attached hydrogens (tertiary/aromatic N) is 1. The molecular weight excluding hydrogens is 322 g/mol. The first-order valence-corrected chi connectivity index (χ1v) is 8.95. The van der Waals surface area contributed by atoms with E-state index in [1.54, 1.807) is 0 Å². The van der Waals surface area contributed by atoms with Crippen molar-refractivity contribution < 1.29 is 14.1 Å². The summed E-state index contributed by atoms with van der Waals surface area (Å²) < 4.78 is 7.68. The molecule has 2 rings (SSSR count). The number of hydrogen-bond donors (Lipinski definition) is 0. The quantitative estimate of drug-likeness (QED) is 0.239. The molecule has 3 heteroatoms. The Morgan fingerprint density at radius 2 is 1.46 bits per heavy atom. The molecule has 0 aliphatic heterocycles. The third kappa shape index (κ3) is 5.55. The summed E-state index contributed by atoms with van der Waals surface area (Å²) in [6.07, 6.45) is 5.84. The predicted molar refractivity (Wildman–Crippen MR) is 107 cm³/mol. The normalized spacial score (nSPS) is 11.4. The van der Waals surface area contributed by atoms with E-state index >= 15 is 0 Å². The maximum Gasteiger partial charge on any atom is 0.308 e. The lowest BCUT2D eigenvalue weighted by Gasteiger charge is -2.06. The summed E-state index contributed by atoms with van der Waals surface area (Å²) in [5.41, 5.74) is 3.17. The highest BCUT2D eigenvalue weighted by atomic mass is 16.5. The van der Waals surface area contributed by atoms with Crippen molar-refractivity contribution in [3.63, 3.8) is 0 Å². The molecule has 0 atom stereocenters. The largest absolute Gasteiger partial charge is 0.426 e. The van der Waals surface area contributed by atoms with Gasteiger partial charge in [0, 0.05) is 24.1 Å². The zero-order valence-corrected chi connectivity index (χ0v) is 15.7. The van der Waals surface area contributed by atoms with E-state index in [1.807, 2.05) is 60.7 Å². The molecule has 0 aliphatic rings. The molecule has 0 spiro atoms. The zero-order chi connectivity index (χ0) is 18.8. The van der Waals surface area contributed by atoms with Crippen LogP contribution in [0.4, 0.5) is 0 Å². The molecule has 0 radical (unpaired) electrons. The smallest absolute Gasteiger partial charge is 0.308 e. The van der Waals surface area contributed by atoms with Gasteiger partial charge in [-0.3, -0.25) is 4.79 Å². The second-order valence-corrected chi connectivity index (χ2v) is 5.77. The van der Waals surface area contributed by atoms with E-state index in [1.165, 1.54) is 6.92 Å². The van der Waals surface area contributed by atoms with E-state index in [9.17, 15) is 4.79 Å². The van der Waals surface area contributed by atoms with Crippen LogP contribution in [0.25, 0.3) is 5.76 Å². The standard InChI is InChI=1S/C23H26NO2/c1-4-24(5-2)22(20-13-8-6-9-14-20)17-12-18-23(26-19(3)25)21-15-10-7-11-16-21/h6-18H,4-5H2,1-3H3/q+1/b17-12+,23-18+. The molecule has 0 aliphatic carbocycles. The van der Waals surface area contributed by atoms with Crippen LogP contribution < -0.4 is 0 Å². The zero-order valence-electron chi connectivity index (χ0n) is 15.7. The summed E-state index contributed by atoms with van der Waals surface area (Å²) in [6.45, 7) is 7.54. The lowest BCUT2D eigenvalue weighted by atomic mass is 10.1. The van der Waals surface area contributed by atoms with Crippen LogP contribution in [0, 0.1) is 0 Å². The fourth-order valence-corrected chi connectivity index (χ4v) is 2.73. The molecule has 0 aromatic heterocycles.